The van der Waals surface area contributed by atoms with E-state index < -0.39 is 0 Å². The summed E-state index contributed by atoms with van der Waals surface area (Å²) in [5, 5.41) is 2.89. The molecular weight excluding hydrogens is 348 g/mol. The van der Waals surface area contributed by atoms with E-state index in [0.717, 1.165) is 28.2 Å². The largest absolute Gasteiger partial charge is 0.350 e. The molecule has 1 aromatic rings. The van der Waals surface area contributed by atoms with Crippen molar-refractivity contribution in [3.63, 3.8) is 0 Å². The fourth-order valence-corrected chi connectivity index (χ4v) is 3.06. The summed E-state index contributed by atoms with van der Waals surface area (Å²) in [4.78, 5) is 12.0. The molecule has 1 amide bonds. The minimum absolute atomic E-state index is 0.0823. The number of nitrogens with two attached hydrogens (primary N) is 1. The second kappa shape index (κ2) is 5.08. The number of hydrogen-bond acceptors (Lipinski definition) is 2. The van der Waals surface area contributed by atoms with E-state index in [1.165, 1.54) is 0 Å². The number of hydrogen-bond donors (Lipinski definition) is 2. The number of rotatable bonds is 3. The molecular formula is C12H14Br2N2O. The molecule has 0 saturated heterocycles. The van der Waals surface area contributed by atoms with Crippen LogP contribution in [0.5, 0.6) is 0 Å². The topological polar surface area (TPSA) is 55.1 Å². The zero-order chi connectivity index (χ0) is 12.5. The molecule has 0 radical (unpaired) electrons. The van der Waals surface area contributed by atoms with Crippen molar-refractivity contribution in [3.05, 3.63) is 32.7 Å². The molecule has 92 valence electrons. The van der Waals surface area contributed by atoms with Crippen molar-refractivity contribution >= 4 is 37.8 Å². The second-order valence-electron chi connectivity index (χ2n) is 4.52. The molecule has 3 nitrogen and oxygen atoms in total. The van der Waals surface area contributed by atoms with E-state index in [9.17, 15) is 4.79 Å². The number of carbonyl (C=O) groups excluding carboxylic acids is 1. The van der Waals surface area contributed by atoms with Gasteiger partial charge in [-0.3, -0.25) is 4.79 Å². The summed E-state index contributed by atoms with van der Waals surface area (Å²) in [7, 11) is 0. The summed E-state index contributed by atoms with van der Waals surface area (Å²) in [6.07, 6.45) is 3.15. The van der Waals surface area contributed by atoms with Crippen molar-refractivity contribution < 1.29 is 4.79 Å². The van der Waals surface area contributed by atoms with Gasteiger partial charge in [-0.1, -0.05) is 15.9 Å². The van der Waals surface area contributed by atoms with Crippen LogP contribution in [0.15, 0.2) is 27.1 Å². The Kier molecular flexibility index (Phi) is 3.90. The molecule has 2 rings (SSSR count). The van der Waals surface area contributed by atoms with Gasteiger partial charge < -0.3 is 11.1 Å². The maximum absolute atomic E-state index is 12.0. The molecule has 3 N–H and O–H groups in total. The van der Waals surface area contributed by atoms with Crippen molar-refractivity contribution in [2.45, 2.75) is 24.8 Å². The number of carbonyl (C=O) groups is 1. The van der Waals surface area contributed by atoms with Crippen LogP contribution in [0, 0.1) is 0 Å². The SMILES string of the molecule is NC1(CNC(=O)c2ccc(Br)cc2Br)CCC1. The van der Waals surface area contributed by atoms with E-state index in [-0.39, 0.29) is 11.4 Å². The van der Waals surface area contributed by atoms with Gasteiger partial charge in [0.2, 0.25) is 0 Å². The Morgan fingerprint density at radius 2 is 2.12 bits per heavy atom. The average Bonchev–Trinajstić information content (AvgIpc) is 2.23. The molecule has 0 aliphatic heterocycles. The Morgan fingerprint density at radius 1 is 1.41 bits per heavy atom. The van der Waals surface area contributed by atoms with Gasteiger partial charge in [0.1, 0.15) is 0 Å². The van der Waals surface area contributed by atoms with Crippen LogP contribution in [0.2, 0.25) is 0 Å². The lowest BCUT2D eigenvalue weighted by molar-refractivity contribution is 0.0929. The van der Waals surface area contributed by atoms with E-state index in [1.54, 1.807) is 6.07 Å². The highest BCUT2D eigenvalue weighted by Gasteiger charge is 2.32. The van der Waals surface area contributed by atoms with E-state index in [1.807, 2.05) is 12.1 Å². The fraction of sp³-hybridized carbons (Fsp3) is 0.417. The molecule has 1 saturated carbocycles. The third-order valence-electron chi connectivity index (χ3n) is 3.13. The summed E-state index contributed by atoms with van der Waals surface area (Å²) in [6, 6.07) is 5.49. The van der Waals surface area contributed by atoms with Crippen LogP contribution in [0.1, 0.15) is 29.6 Å². The smallest absolute Gasteiger partial charge is 0.252 e. The van der Waals surface area contributed by atoms with Crippen LogP contribution in [0.25, 0.3) is 0 Å². The predicted molar refractivity (Wildman–Crippen MR) is 74.9 cm³/mol. The van der Waals surface area contributed by atoms with Crippen molar-refractivity contribution in [2.24, 2.45) is 5.73 Å². The van der Waals surface area contributed by atoms with Crippen molar-refractivity contribution in [1.82, 2.24) is 5.32 Å². The number of nitrogens with one attached hydrogen (secondary N) is 1. The first-order chi connectivity index (χ1) is 8.00. The monoisotopic (exact) mass is 360 g/mol. The molecule has 0 aromatic heterocycles. The maximum Gasteiger partial charge on any atom is 0.252 e. The van der Waals surface area contributed by atoms with Gasteiger partial charge in [-0.2, -0.15) is 0 Å². The van der Waals surface area contributed by atoms with Crippen LogP contribution in [0.4, 0.5) is 0 Å². The number of halogens is 2. The second-order valence-corrected chi connectivity index (χ2v) is 6.29. The molecule has 0 atom stereocenters. The highest BCUT2D eigenvalue weighted by Crippen LogP contribution is 2.28. The predicted octanol–water partition coefficient (Wildman–Crippen LogP) is 2.82. The lowest BCUT2D eigenvalue weighted by atomic mass is 9.78. The Balaban J connectivity index is 1.99. The highest BCUT2D eigenvalue weighted by molar-refractivity contribution is 9.11. The molecule has 1 aromatic carbocycles. The summed E-state index contributed by atoms with van der Waals surface area (Å²) >= 11 is 6.73. The van der Waals surface area contributed by atoms with Gasteiger partial charge in [0.15, 0.2) is 0 Å². The van der Waals surface area contributed by atoms with Gasteiger partial charge in [-0.05, 0) is 53.4 Å². The normalized spacial score (nSPS) is 17.4. The molecule has 0 bridgehead atoms. The Morgan fingerprint density at radius 3 is 2.65 bits per heavy atom. The van der Waals surface area contributed by atoms with Gasteiger partial charge >= 0.3 is 0 Å². The van der Waals surface area contributed by atoms with E-state index in [2.05, 4.69) is 37.2 Å². The fourth-order valence-electron chi connectivity index (χ4n) is 1.83. The third-order valence-corrected chi connectivity index (χ3v) is 4.28. The maximum atomic E-state index is 12.0. The molecule has 1 aliphatic rings. The summed E-state index contributed by atoms with van der Waals surface area (Å²) in [5.74, 6) is -0.0823. The van der Waals surface area contributed by atoms with E-state index >= 15 is 0 Å². The van der Waals surface area contributed by atoms with Crippen LogP contribution in [-0.2, 0) is 0 Å². The molecule has 1 fully saturated rings. The number of amides is 1. The summed E-state index contributed by atoms with van der Waals surface area (Å²) in [5.41, 5.74) is 6.51. The summed E-state index contributed by atoms with van der Waals surface area (Å²) in [6.45, 7) is 0.550. The van der Waals surface area contributed by atoms with Gasteiger partial charge in [-0.25, -0.2) is 0 Å². The molecule has 5 heteroatoms. The van der Waals surface area contributed by atoms with Crippen molar-refractivity contribution in [1.29, 1.82) is 0 Å². The van der Waals surface area contributed by atoms with Crippen molar-refractivity contribution in [2.75, 3.05) is 6.54 Å². The summed E-state index contributed by atoms with van der Waals surface area (Å²) < 4.78 is 1.72. The van der Waals surface area contributed by atoms with Crippen LogP contribution in [-0.4, -0.2) is 18.0 Å². The first kappa shape index (κ1) is 13.1. The third kappa shape index (κ3) is 3.09. The molecule has 0 unspecified atom stereocenters. The van der Waals surface area contributed by atoms with Gasteiger partial charge in [0.25, 0.3) is 5.91 Å². The minimum atomic E-state index is -0.183. The van der Waals surface area contributed by atoms with Crippen LogP contribution >= 0.6 is 31.9 Å². The van der Waals surface area contributed by atoms with Gasteiger partial charge in [-0.15, -0.1) is 0 Å². The lowest BCUT2D eigenvalue weighted by Crippen LogP contribution is -2.54. The number of benzene rings is 1. The zero-order valence-corrected chi connectivity index (χ0v) is 12.5. The minimum Gasteiger partial charge on any atom is -0.350 e. The van der Waals surface area contributed by atoms with E-state index in [0.29, 0.717) is 12.1 Å². The van der Waals surface area contributed by atoms with Gasteiger partial charge in [0.05, 0.1) is 5.56 Å². The quantitative estimate of drug-likeness (QED) is 0.869. The lowest BCUT2D eigenvalue weighted by Gasteiger charge is -2.38. The molecule has 1 aliphatic carbocycles. The Bertz CT molecular complexity index is 444. The zero-order valence-electron chi connectivity index (χ0n) is 9.30. The van der Waals surface area contributed by atoms with Crippen molar-refractivity contribution in [3.8, 4) is 0 Å². The highest BCUT2D eigenvalue weighted by atomic mass is 79.9. The Labute approximate surface area is 117 Å². The van der Waals surface area contributed by atoms with Gasteiger partial charge in [0, 0.05) is 21.0 Å². The van der Waals surface area contributed by atoms with Crippen LogP contribution in [0.3, 0.4) is 0 Å². The van der Waals surface area contributed by atoms with E-state index in [4.69, 9.17) is 5.73 Å². The standard InChI is InChI=1S/C12H14Br2N2O/c13-8-2-3-9(10(14)6-8)11(17)16-7-12(15)4-1-5-12/h2-3,6H,1,4-5,7,15H2,(H,16,17). The molecule has 0 heterocycles. The first-order valence-electron chi connectivity index (χ1n) is 5.52. The van der Waals surface area contributed by atoms with Crippen LogP contribution < -0.4 is 11.1 Å². The Hall–Kier alpha value is -0.390. The first-order valence-corrected chi connectivity index (χ1v) is 7.11. The molecule has 17 heavy (non-hydrogen) atoms. The average molecular weight is 362 g/mol. The molecule has 0 spiro atoms.